The van der Waals surface area contributed by atoms with Gasteiger partial charge in [0.2, 0.25) is 0 Å². The first kappa shape index (κ1) is 18.7. The second-order valence-electron chi connectivity index (χ2n) is 7.82. The molecule has 1 saturated carbocycles. The third kappa shape index (κ3) is 3.80. The number of carbonyl (C=O) groups excluding carboxylic acids is 2. The lowest BCUT2D eigenvalue weighted by Gasteiger charge is -2.28. The lowest BCUT2D eigenvalue weighted by atomic mass is 10.1. The Labute approximate surface area is 164 Å². The Morgan fingerprint density at radius 3 is 2.71 bits per heavy atom. The molecule has 2 aliphatic rings. The number of β-amino-alcohol motifs (C(OH)–C–C–N with tert-alkyl or cyclic N) is 1. The number of nitrogens with zero attached hydrogens (tertiary/aromatic N) is 3. The molecule has 148 valence electrons. The highest BCUT2D eigenvalue weighted by Gasteiger charge is 2.31. The molecule has 2 heterocycles. The Morgan fingerprint density at radius 2 is 2.00 bits per heavy atom. The Hall–Kier alpha value is -2.67. The summed E-state index contributed by atoms with van der Waals surface area (Å²) in [7, 11) is 0. The first-order valence-electron chi connectivity index (χ1n) is 9.92. The van der Waals surface area contributed by atoms with E-state index in [-0.39, 0.29) is 36.6 Å². The number of amides is 2. The van der Waals surface area contributed by atoms with Gasteiger partial charge in [-0.1, -0.05) is 42.7 Å². The fourth-order valence-electron chi connectivity index (χ4n) is 4.03. The number of aliphatic hydroxyl groups excluding tert-OH is 1. The molecule has 0 unspecified atom stereocenters. The van der Waals surface area contributed by atoms with Crippen molar-refractivity contribution in [3.05, 3.63) is 52.8 Å². The van der Waals surface area contributed by atoms with Gasteiger partial charge >= 0.3 is 0 Å². The quantitative estimate of drug-likeness (QED) is 0.845. The summed E-state index contributed by atoms with van der Waals surface area (Å²) in [4.78, 5) is 27.5. The topological polar surface area (TPSA) is 87.5 Å². The largest absolute Gasteiger partial charge is 0.389 e. The van der Waals surface area contributed by atoms with E-state index in [9.17, 15) is 14.7 Å². The molecule has 7 heteroatoms. The van der Waals surface area contributed by atoms with Gasteiger partial charge in [-0.15, -0.1) is 0 Å². The molecule has 1 atom stereocenters. The summed E-state index contributed by atoms with van der Waals surface area (Å²) in [6, 6.07) is 9.95. The Bertz CT molecular complexity index is 868. The minimum absolute atomic E-state index is 0.157. The molecule has 0 radical (unpaired) electrons. The van der Waals surface area contributed by atoms with Crippen molar-refractivity contribution in [1.29, 1.82) is 0 Å². The maximum atomic E-state index is 13.4. The van der Waals surface area contributed by atoms with Crippen LogP contribution in [0.5, 0.6) is 0 Å². The normalized spacial score (nSPS) is 19.8. The summed E-state index contributed by atoms with van der Waals surface area (Å²) in [5, 5.41) is 17.0. The maximum absolute atomic E-state index is 13.4. The van der Waals surface area contributed by atoms with Crippen LogP contribution in [0.1, 0.15) is 57.8 Å². The predicted octanol–water partition coefficient (Wildman–Crippen LogP) is 1.88. The van der Waals surface area contributed by atoms with Crippen LogP contribution in [0.4, 0.5) is 0 Å². The van der Waals surface area contributed by atoms with Crippen molar-refractivity contribution in [2.24, 2.45) is 0 Å². The second-order valence-corrected chi connectivity index (χ2v) is 7.82. The third-order valence-corrected chi connectivity index (χ3v) is 5.61. The maximum Gasteiger partial charge on any atom is 0.274 e. The number of fused-ring (bicyclic) bond motifs is 1. The Morgan fingerprint density at radius 1 is 1.29 bits per heavy atom. The van der Waals surface area contributed by atoms with Crippen LogP contribution in [0.15, 0.2) is 30.3 Å². The van der Waals surface area contributed by atoms with E-state index in [0.717, 1.165) is 31.2 Å². The standard InChI is InChI=1S/C21H26N4O3/c1-14-6-8-15(9-7-14)12-24(16-4-2-3-5-16)21(28)18-10-19-20(27)22-11-17(26)13-25(19)23-18/h6-10,16-17,26H,2-5,11-13H2,1H3,(H,22,27)/t17-/m1/s1. The highest BCUT2D eigenvalue weighted by atomic mass is 16.3. The number of hydrogen-bond acceptors (Lipinski definition) is 4. The monoisotopic (exact) mass is 382 g/mol. The van der Waals surface area contributed by atoms with Crippen LogP contribution in [0.2, 0.25) is 0 Å². The van der Waals surface area contributed by atoms with Crippen LogP contribution < -0.4 is 5.32 Å². The van der Waals surface area contributed by atoms with E-state index in [0.29, 0.717) is 12.2 Å². The van der Waals surface area contributed by atoms with E-state index in [1.165, 1.54) is 10.2 Å². The number of nitrogens with one attached hydrogen (secondary N) is 1. The van der Waals surface area contributed by atoms with Gasteiger partial charge in [-0.05, 0) is 25.3 Å². The molecule has 28 heavy (non-hydrogen) atoms. The van der Waals surface area contributed by atoms with Gasteiger partial charge in [0.1, 0.15) is 5.69 Å². The van der Waals surface area contributed by atoms with Gasteiger partial charge in [0, 0.05) is 25.2 Å². The summed E-state index contributed by atoms with van der Waals surface area (Å²) in [5.41, 5.74) is 2.85. The van der Waals surface area contributed by atoms with Crippen molar-refractivity contribution < 1.29 is 14.7 Å². The molecule has 2 N–H and O–H groups in total. The predicted molar refractivity (Wildman–Crippen MR) is 104 cm³/mol. The van der Waals surface area contributed by atoms with Crippen LogP contribution in [-0.2, 0) is 13.1 Å². The average molecular weight is 382 g/mol. The molecule has 0 saturated heterocycles. The van der Waals surface area contributed by atoms with Gasteiger partial charge in [0.05, 0.1) is 12.6 Å². The van der Waals surface area contributed by atoms with Gasteiger partial charge < -0.3 is 15.3 Å². The van der Waals surface area contributed by atoms with E-state index in [4.69, 9.17) is 0 Å². The summed E-state index contributed by atoms with van der Waals surface area (Å²) in [6.07, 6.45) is 3.51. The van der Waals surface area contributed by atoms with Gasteiger partial charge in [-0.25, -0.2) is 0 Å². The summed E-state index contributed by atoms with van der Waals surface area (Å²) >= 11 is 0. The molecule has 1 fully saturated rings. The molecule has 1 aromatic heterocycles. The molecular formula is C21H26N4O3. The first-order valence-corrected chi connectivity index (χ1v) is 9.92. The average Bonchev–Trinajstić information content (AvgIpc) is 3.33. The zero-order chi connectivity index (χ0) is 19.7. The summed E-state index contributed by atoms with van der Waals surface area (Å²) in [6.45, 7) is 2.96. The van der Waals surface area contributed by atoms with Crippen molar-refractivity contribution in [3.63, 3.8) is 0 Å². The summed E-state index contributed by atoms with van der Waals surface area (Å²) in [5.74, 6) is -0.468. The molecule has 7 nitrogen and oxygen atoms in total. The highest BCUT2D eigenvalue weighted by molar-refractivity contribution is 5.98. The van der Waals surface area contributed by atoms with Gasteiger partial charge in [0.25, 0.3) is 11.8 Å². The lowest BCUT2D eigenvalue weighted by Crippen LogP contribution is -2.38. The fraction of sp³-hybridized carbons (Fsp3) is 0.476. The van der Waals surface area contributed by atoms with E-state index >= 15 is 0 Å². The number of rotatable bonds is 4. The van der Waals surface area contributed by atoms with Crippen molar-refractivity contribution in [2.45, 2.75) is 57.8 Å². The lowest BCUT2D eigenvalue weighted by molar-refractivity contribution is 0.0656. The number of hydrogen-bond donors (Lipinski definition) is 2. The molecule has 2 amide bonds. The number of aryl methyl sites for hydroxylation is 1. The number of aromatic nitrogens is 2. The van der Waals surface area contributed by atoms with Crippen molar-refractivity contribution in [1.82, 2.24) is 20.0 Å². The Kier molecular flexibility index (Phi) is 5.17. The minimum Gasteiger partial charge on any atom is -0.389 e. The molecular weight excluding hydrogens is 356 g/mol. The molecule has 2 aromatic rings. The third-order valence-electron chi connectivity index (χ3n) is 5.61. The van der Waals surface area contributed by atoms with E-state index in [1.54, 1.807) is 6.07 Å². The van der Waals surface area contributed by atoms with Crippen LogP contribution in [0.3, 0.4) is 0 Å². The number of carbonyl (C=O) groups is 2. The molecule has 0 spiro atoms. The summed E-state index contributed by atoms with van der Waals surface area (Å²) < 4.78 is 1.44. The fourth-order valence-corrected chi connectivity index (χ4v) is 4.03. The zero-order valence-corrected chi connectivity index (χ0v) is 16.1. The van der Waals surface area contributed by atoms with Crippen LogP contribution in [0.25, 0.3) is 0 Å². The minimum atomic E-state index is -0.716. The van der Waals surface area contributed by atoms with Crippen molar-refractivity contribution in [2.75, 3.05) is 6.54 Å². The molecule has 0 bridgehead atoms. The molecule has 4 rings (SSSR count). The second kappa shape index (κ2) is 7.75. The van der Waals surface area contributed by atoms with E-state index < -0.39 is 6.10 Å². The molecule has 1 aliphatic heterocycles. The van der Waals surface area contributed by atoms with Crippen LogP contribution >= 0.6 is 0 Å². The highest BCUT2D eigenvalue weighted by Crippen LogP contribution is 2.27. The van der Waals surface area contributed by atoms with Crippen LogP contribution in [-0.4, -0.2) is 50.3 Å². The smallest absolute Gasteiger partial charge is 0.274 e. The number of aliphatic hydroxyl groups is 1. The Balaban J connectivity index is 1.62. The number of benzene rings is 1. The van der Waals surface area contributed by atoms with Crippen molar-refractivity contribution in [3.8, 4) is 0 Å². The van der Waals surface area contributed by atoms with Crippen LogP contribution in [0, 0.1) is 6.92 Å². The van der Waals surface area contributed by atoms with Crippen molar-refractivity contribution >= 4 is 11.8 Å². The molecule has 1 aliphatic carbocycles. The first-order chi connectivity index (χ1) is 13.5. The SMILES string of the molecule is Cc1ccc(CN(C(=O)c2cc3n(n2)C[C@H](O)CNC3=O)C2CCCC2)cc1. The van der Waals surface area contributed by atoms with Gasteiger partial charge in [-0.3, -0.25) is 14.3 Å². The van der Waals surface area contributed by atoms with Gasteiger partial charge in [0.15, 0.2) is 5.69 Å². The van der Waals surface area contributed by atoms with Gasteiger partial charge in [-0.2, -0.15) is 5.10 Å². The van der Waals surface area contributed by atoms with E-state index in [1.807, 2.05) is 11.8 Å². The van der Waals surface area contributed by atoms with E-state index in [2.05, 4.69) is 34.7 Å². The zero-order valence-electron chi connectivity index (χ0n) is 16.1. The molecule has 1 aromatic carbocycles.